The largest absolute Gasteiger partial charge is 0.328 e. The van der Waals surface area contributed by atoms with E-state index in [0.717, 1.165) is 31.4 Å². The van der Waals surface area contributed by atoms with E-state index in [4.69, 9.17) is 12.2 Å². The summed E-state index contributed by atoms with van der Waals surface area (Å²) < 4.78 is 1.93. The van der Waals surface area contributed by atoms with E-state index in [1.807, 2.05) is 11.7 Å². The van der Waals surface area contributed by atoms with Gasteiger partial charge in [0.15, 0.2) is 0 Å². The minimum atomic E-state index is 0.204. The maximum Gasteiger partial charge on any atom is 0.0628 e. The highest BCUT2D eigenvalue weighted by atomic mass is 15.3. The number of nitrogens with two attached hydrogens (primary N) is 1. The lowest BCUT2D eigenvalue weighted by atomic mass is 10.0. The number of aromatic nitrogens is 2. The van der Waals surface area contributed by atoms with Crippen LogP contribution in [0.15, 0.2) is 0 Å². The van der Waals surface area contributed by atoms with Crippen molar-refractivity contribution in [1.82, 2.24) is 9.78 Å². The molecule has 0 fully saturated rings. The van der Waals surface area contributed by atoms with Gasteiger partial charge >= 0.3 is 0 Å². The Kier molecular flexibility index (Phi) is 4.57. The van der Waals surface area contributed by atoms with Gasteiger partial charge in [-0.05, 0) is 38.7 Å². The van der Waals surface area contributed by atoms with Gasteiger partial charge in [0.05, 0.1) is 5.69 Å². The van der Waals surface area contributed by atoms with Gasteiger partial charge in [-0.1, -0.05) is 0 Å². The van der Waals surface area contributed by atoms with Crippen LogP contribution in [0.2, 0.25) is 0 Å². The Morgan fingerprint density at radius 2 is 2.12 bits per heavy atom. The summed E-state index contributed by atoms with van der Waals surface area (Å²) in [4.78, 5) is 0. The van der Waals surface area contributed by atoms with Gasteiger partial charge in [0.25, 0.3) is 0 Å². The minimum Gasteiger partial charge on any atom is -0.328 e. The maximum atomic E-state index is 5.99. The third-order valence-corrected chi connectivity index (χ3v) is 3.08. The number of hydrogen-bond acceptors (Lipinski definition) is 2. The predicted molar refractivity (Wildman–Crippen MR) is 67.0 cm³/mol. The lowest BCUT2D eigenvalue weighted by Crippen LogP contribution is -2.20. The Hall–Kier alpha value is -1.27. The monoisotopic (exact) mass is 219 g/mol. The molecule has 1 aromatic rings. The summed E-state index contributed by atoms with van der Waals surface area (Å²) in [7, 11) is 1.98. The summed E-state index contributed by atoms with van der Waals surface area (Å²) in [5.41, 5.74) is 9.68. The second kappa shape index (κ2) is 5.72. The van der Waals surface area contributed by atoms with Crippen LogP contribution >= 0.6 is 0 Å². The molecular formula is C13H21N3. The van der Waals surface area contributed by atoms with E-state index in [1.165, 1.54) is 11.3 Å². The Labute approximate surface area is 98.0 Å². The second-order valence-corrected chi connectivity index (χ2v) is 4.31. The number of rotatable bonds is 5. The predicted octanol–water partition coefficient (Wildman–Crippen LogP) is 1.71. The normalized spacial score (nSPS) is 12.4. The summed E-state index contributed by atoms with van der Waals surface area (Å²) in [6.45, 7) is 4.15. The van der Waals surface area contributed by atoms with Crippen LogP contribution in [0.4, 0.5) is 0 Å². The van der Waals surface area contributed by atoms with E-state index in [1.54, 1.807) is 0 Å². The quantitative estimate of drug-likeness (QED) is 0.766. The van der Waals surface area contributed by atoms with Gasteiger partial charge in [0.1, 0.15) is 0 Å². The summed E-state index contributed by atoms with van der Waals surface area (Å²) in [6, 6.07) is 0.204. The van der Waals surface area contributed by atoms with E-state index >= 15 is 0 Å². The molecule has 0 spiro atoms. The van der Waals surface area contributed by atoms with Crippen molar-refractivity contribution in [1.29, 1.82) is 0 Å². The molecule has 2 N–H and O–H groups in total. The van der Waals surface area contributed by atoms with E-state index in [2.05, 4.69) is 24.9 Å². The molecule has 0 aliphatic rings. The molecule has 0 saturated heterocycles. The SMILES string of the molecule is C#CCCC(N)CCc1c(C)nn(C)c1C. The smallest absolute Gasteiger partial charge is 0.0628 e. The fourth-order valence-corrected chi connectivity index (χ4v) is 1.92. The first-order valence-corrected chi connectivity index (χ1v) is 5.74. The standard InChI is InChI=1S/C13H21N3/c1-5-6-7-12(14)8-9-13-10(2)15-16(4)11(13)3/h1,12H,6-9,14H2,2-4H3. The van der Waals surface area contributed by atoms with Crippen molar-refractivity contribution in [3.8, 4) is 12.3 Å². The molecular weight excluding hydrogens is 198 g/mol. The molecule has 16 heavy (non-hydrogen) atoms. The zero-order valence-electron chi connectivity index (χ0n) is 10.5. The first-order chi connectivity index (χ1) is 7.56. The van der Waals surface area contributed by atoms with Crippen molar-refractivity contribution in [2.45, 2.75) is 45.6 Å². The van der Waals surface area contributed by atoms with Crippen LogP contribution in [0, 0.1) is 26.2 Å². The van der Waals surface area contributed by atoms with Gasteiger partial charge in [-0.25, -0.2) is 0 Å². The molecule has 0 amide bonds. The molecule has 1 atom stereocenters. The van der Waals surface area contributed by atoms with Crippen molar-refractivity contribution in [2.24, 2.45) is 12.8 Å². The van der Waals surface area contributed by atoms with E-state index < -0.39 is 0 Å². The van der Waals surface area contributed by atoms with Crippen LogP contribution in [-0.4, -0.2) is 15.8 Å². The third-order valence-electron chi connectivity index (χ3n) is 3.08. The number of nitrogens with zero attached hydrogens (tertiary/aromatic N) is 2. The molecule has 0 saturated carbocycles. The van der Waals surface area contributed by atoms with Crippen molar-refractivity contribution < 1.29 is 0 Å². The molecule has 0 radical (unpaired) electrons. The van der Waals surface area contributed by atoms with Crippen LogP contribution in [0.5, 0.6) is 0 Å². The average molecular weight is 219 g/mol. The number of aryl methyl sites for hydroxylation is 2. The average Bonchev–Trinajstić information content (AvgIpc) is 2.48. The highest BCUT2D eigenvalue weighted by molar-refractivity contribution is 5.24. The summed E-state index contributed by atoms with van der Waals surface area (Å²) >= 11 is 0. The molecule has 1 unspecified atom stereocenters. The molecule has 0 aliphatic heterocycles. The first kappa shape index (κ1) is 12.8. The Bertz CT molecular complexity index is 385. The fraction of sp³-hybridized carbons (Fsp3) is 0.615. The number of terminal acetylenes is 1. The summed E-state index contributed by atoms with van der Waals surface area (Å²) in [6.07, 6.45) is 8.88. The van der Waals surface area contributed by atoms with Crippen LogP contribution in [0.1, 0.15) is 36.2 Å². The number of hydrogen-bond donors (Lipinski definition) is 1. The van der Waals surface area contributed by atoms with Gasteiger partial charge in [-0.2, -0.15) is 5.10 Å². The van der Waals surface area contributed by atoms with Gasteiger partial charge < -0.3 is 5.73 Å². The molecule has 1 aromatic heterocycles. The van der Waals surface area contributed by atoms with Crippen molar-refractivity contribution >= 4 is 0 Å². The van der Waals surface area contributed by atoms with E-state index in [-0.39, 0.29) is 6.04 Å². The lowest BCUT2D eigenvalue weighted by Gasteiger charge is -2.09. The topological polar surface area (TPSA) is 43.8 Å². The highest BCUT2D eigenvalue weighted by Crippen LogP contribution is 2.15. The highest BCUT2D eigenvalue weighted by Gasteiger charge is 2.10. The summed E-state index contributed by atoms with van der Waals surface area (Å²) in [5, 5.41) is 4.39. The van der Waals surface area contributed by atoms with Gasteiger partial charge in [0, 0.05) is 25.2 Å². The van der Waals surface area contributed by atoms with Gasteiger partial charge in [-0.15, -0.1) is 12.3 Å². The second-order valence-electron chi connectivity index (χ2n) is 4.31. The molecule has 3 heteroatoms. The molecule has 0 bridgehead atoms. The first-order valence-electron chi connectivity index (χ1n) is 5.74. The minimum absolute atomic E-state index is 0.204. The Morgan fingerprint density at radius 3 is 2.62 bits per heavy atom. The fourth-order valence-electron chi connectivity index (χ4n) is 1.92. The van der Waals surface area contributed by atoms with Crippen LogP contribution in [0.25, 0.3) is 0 Å². The van der Waals surface area contributed by atoms with Crippen molar-refractivity contribution in [3.05, 3.63) is 17.0 Å². The molecule has 1 rings (SSSR count). The molecule has 3 nitrogen and oxygen atoms in total. The van der Waals surface area contributed by atoms with E-state index in [0.29, 0.717) is 0 Å². The molecule has 88 valence electrons. The summed E-state index contributed by atoms with van der Waals surface area (Å²) in [5.74, 6) is 2.63. The Balaban J connectivity index is 2.52. The van der Waals surface area contributed by atoms with Crippen LogP contribution in [0.3, 0.4) is 0 Å². The molecule has 0 aromatic carbocycles. The van der Waals surface area contributed by atoms with Crippen LogP contribution in [-0.2, 0) is 13.5 Å². The third kappa shape index (κ3) is 3.11. The zero-order chi connectivity index (χ0) is 12.1. The van der Waals surface area contributed by atoms with E-state index in [9.17, 15) is 0 Å². The van der Waals surface area contributed by atoms with Crippen molar-refractivity contribution in [3.63, 3.8) is 0 Å². The zero-order valence-corrected chi connectivity index (χ0v) is 10.5. The molecule has 0 aliphatic carbocycles. The Morgan fingerprint density at radius 1 is 1.44 bits per heavy atom. The van der Waals surface area contributed by atoms with Gasteiger partial charge in [-0.3, -0.25) is 4.68 Å². The van der Waals surface area contributed by atoms with Crippen molar-refractivity contribution in [2.75, 3.05) is 0 Å². The lowest BCUT2D eigenvalue weighted by molar-refractivity contribution is 0.576. The van der Waals surface area contributed by atoms with Gasteiger partial charge in [0.2, 0.25) is 0 Å². The molecule has 1 heterocycles. The van der Waals surface area contributed by atoms with Crippen LogP contribution < -0.4 is 5.73 Å². The maximum absolute atomic E-state index is 5.99.